The van der Waals surface area contributed by atoms with Crippen molar-refractivity contribution in [2.45, 2.75) is 6.42 Å². The zero-order valence-electron chi connectivity index (χ0n) is 7.51. The molecule has 0 amide bonds. The van der Waals surface area contributed by atoms with Crippen LogP contribution in [-0.4, -0.2) is 11.1 Å². The van der Waals surface area contributed by atoms with Crippen LogP contribution in [0.5, 0.6) is 0 Å². The topological polar surface area (TPSA) is 37.3 Å². The Kier molecular flexibility index (Phi) is 3.49. The summed E-state index contributed by atoms with van der Waals surface area (Å²) in [6.07, 6.45) is 1.93. The Morgan fingerprint density at radius 2 is 1.80 bits per heavy atom. The third-order valence-corrected chi connectivity index (χ3v) is 1.63. The molecule has 0 heterocycles. The van der Waals surface area contributed by atoms with Crippen molar-refractivity contribution < 1.29 is 23.1 Å². The molecule has 1 rings (SSSR count). The van der Waals surface area contributed by atoms with Crippen molar-refractivity contribution in [3.63, 3.8) is 0 Å². The van der Waals surface area contributed by atoms with Crippen LogP contribution in [0.15, 0.2) is 18.2 Å². The zero-order chi connectivity index (χ0) is 11.4. The number of rotatable bonds is 3. The van der Waals surface area contributed by atoms with Gasteiger partial charge in [0.05, 0.1) is 6.42 Å². The molecule has 5 heteroatoms. The Bertz CT molecular complexity index is 413. The highest BCUT2D eigenvalue weighted by molar-refractivity contribution is 5.70. The van der Waals surface area contributed by atoms with Crippen LogP contribution in [0.4, 0.5) is 13.2 Å². The predicted molar refractivity (Wildman–Crippen MR) is 47.6 cm³/mol. The summed E-state index contributed by atoms with van der Waals surface area (Å²) in [6.45, 7) is 0. The van der Waals surface area contributed by atoms with Crippen LogP contribution in [-0.2, 0) is 4.79 Å². The normalized spacial score (nSPS) is 10.9. The van der Waals surface area contributed by atoms with E-state index in [0.717, 1.165) is 12.2 Å². The first kappa shape index (κ1) is 11.3. The van der Waals surface area contributed by atoms with E-state index in [-0.39, 0.29) is 12.0 Å². The lowest BCUT2D eigenvalue weighted by molar-refractivity contribution is -0.135. The molecule has 0 aliphatic carbocycles. The summed E-state index contributed by atoms with van der Waals surface area (Å²) in [6, 6.07) is 1.08. The van der Waals surface area contributed by atoms with Gasteiger partial charge in [-0.3, -0.25) is 4.79 Å². The third-order valence-electron chi connectivity index (χ3n) is 1.63. The van der Waals surface area contributed by atoms with Gasteiger partial charge in [0.15, 0.2) is 11.6 Å². The molecule has 0 spiro atoms. The number of halogens is 3. The molecular formula is C10H7F3O2. The Balaban J connectivity index is 2.90. The Labute approximate surface area is 83.7 Å². The van der Waals surface area contributed by atoms with Gasteiger partial charge < -0.3 is 5.11 Å². The van der Waals surface area contributed by atoms with E-state index in [1.165, 1.54) is 0 Å². The molecule has 0 atom stereocenters. The maximum atomic E-state index is 12.9. The molecule has 0 fully saturated rings. The zero-order valence-corrected chi connectivity index (χ0v) is 7.51. The fourth-order valence-electron chi connectivity index (χ4n) is 0.952. The summed E-state index contributed by atoms with van der Waals surface area (Å²) in [4.78, 5) is 10.1. The summed E-state index contributed by atoms with van der Waals surface area (Å²) >= 11 is 0. The van der Waals surface area contributed by atoms with E-state index in [4.69, 9.17) is 5.11 Å². The van der Waals surface area contributed by atoms with Crippen molar-refractivity contribution >= 4 is 12.0 Å². The monoisotopic (exact) mass is 216 g/mol. The van der Waals surface area contributed by atoms with Gasteiger partial charge in [-0.25, -0.2) is 13.2 Å². The molecular weight excluding hydrogens is 209 g/mol. The van der Waals surface area contributed by atoms with Crippen molar-refractivity contribution in [1.29, 1.82) is 0 Å². The lowest BCUT2D eigenvalue weighted by atomic mass is 10.1. The standard InChI is InChI=1S/C10H7F3O2/c11-7-5-9(13)8(12)4-6(7)2-1-3-10(14)15/h1-2,4-5H,3H2,(H,14,15)/b2-1+. The van der Waals surface area contributed by atoms with Gasteiger partial charge in [0.2, 0.25) is 0 Å². The second kappa shape index (κ2) is 4.63. The fourth-order valence-corrected chi connectivity index (χ4v) is 0.952. The van der Waals surface area contributed by atoms with Crippen molar-refractivity contribution in [1.82, 2.24) is 0 Å². The number of carboxylic acids is 1. The second-order valence-corrected chi connectivity index (χ2v) is 2.79. The first-order chi connectivity index (χ1) is 7.00. The number of hydrogen-bond acceptors (Lipinski definition) is 1. The van der Waals surface area contributed by atoms with Gasteiger partial charge in [0, 0.05) is 11.6 Å². The van der Waals surface area contributed by atoms with E-state index in [2.05, 4.69) is 0 Å². The van der Waals surface area contributed by atoms with Crippen molar-refractivity contribution in [2.24, 2.45) is 0 Å². The van der Waals surface area contributed by atoms with Crippen LogP contribution in [0.25, 0.3) is 6.08 Å². The minimum Gasteiger partial charge on any atom is -0.481 e. The molecule has 0 bridgehead atoms. The minimum atomic E-state index is -1.28. The number of carbonyl (C=O) groups is 1. The van der Waals surface area contributed by atoms with E-state index < -0.39 is 23.4 Å². The van der Waals surface area contributed by atoms with Gasteiger partial charge in [0.1, 0.15) is 5.82 Å². The van der Waals surface area contributed by atoms with Crippen molar-refractivity contribution in [3.8, 4) is 0 Å². The predicted octanol–water partition coefficient (Wildman–Crippen LogP) is 2.59. The van der Waals surface area contributed by atoms with E-state index in [1.807, 2.05) is 0 Å². The van der Waals surface area contributed by atoms with Crippen LogP contribution in [0, 0.1) is 17.5 Å². The minimum absolute atomic E-state index is 0.185. The lowest BCUT2D eigenvalue weighted by Gasteiger charge is -1.98. The molecule has 0 saturated carbocycles. The SMILES string of the molecule is O=C(O)C/C=C/c1cc(F)c(F)cc1F. The van der Waals surface area contributed by atoms with Gasteiger partial charge in [0.25, 0.3) is 0 Å². The quantitative estimate of drug-likeness (QED) is 0.788. The van der Waals surface area contributed by atoms with Crippen molar-refractivity contribution in [3.05, 3.63) is 41.2 Å². The van der Waals surface area contributed by atoms with Crippen LogP contribution < -0.4 is 0 Å². The average Bonchev–Trinajstić information content (AvgIpc) is 2.13. The lowest BCUT2D eigenvalue weighted by Crippen LogP contribution is -1.92. The van der Waals surface area contributed by atoms with E-state index in [0.29, 0.717) is 12.1 Å². The van der Waals surface area contributed by atoms with E-state index in [9.17, 15) is 18.0 Å². The molecule has 0 aromatic heterocycles. The highest BCUT2D eigenvalue weighted by Gasteiger charge is 2.07. The summed E-state index contributed by atoms with van der Waals surface area (Å²) in [5.41, 5.74) is -0.185. The molecule has 1 aromatic carbocycles. The first-order valence-electron chi connectivity index (χ1n) is 4.03. The van der Waals surface area contributed by atoms with Gasteiger partial charge in [-0.1, -0.05) is 12.2 Å². The summed E-state index contributed by atoms with van der Waals surface area (Å²) < 4.78 is 38.1. The largest absolute Gasteiger partial charge is 0.481 e. The van der Waals surface area contributed by atoms with Gasteiger partial charge in [-0.15, -0.1) is 0 Å². The van der Waals surface area contributed by atoms with E-state index >= 15 is 0 Å². The van der Waals surface area contributed by atoms with Crippen LogP contribution in [0.1, 0.15) is 12.0 Å². The Hall–Kier alpha value is -1.78. The number of benzene rings is 1. The van der Waals surface area contributed by atoms with Gasteiger partial charge >= 0.3 is 5.97 Å². The highest BCUT2D eigenvalue weighted by Crippen LogP contribution is 2.15. The fraction of sp³-hybridized carbons (Fsp3) is 0.100. The van der Waals surface area contributed by atoms with Crippen molar-refractivity contribution in [2.75, 3.05) is 0 Å². The number of hydrogen-bond donors (Lipinski definition) is 1. The Morgan fingerprint density at radius 3 is 2.40 bits per heavy atom. The summed E-state index contributed by atoms with van der Waals surface area (Å²) in [5.74, 6) is -4.47. The molecule has 15 heavy (non-hydrogen) atoms. The average molecular weight is 216 g/mol. The smallest absolute Gasteiger partial charge is 0.307 e. The second-order valence-electron chi connectivity index (χ2n) is 2.79. The molecule has 80 valence electrons. The van der Waals surface area contributed by atoms with Gasteiger partial charge in [-0.05, 0) is 6.07 Å². The molecule has 1 aromatic rings. The molecule has 0 saturated heterocycles. The van der Waals surface area contributed by atoms with Gasteiger partial charge in [-0.2, -0.15) is 0 Å². The number of carboxylic acid groups (broad SMARTS) is 1. The molecule has 0 aliphatic heterocycles. The first-order valence-corrected chi connectivity index (χ1v) is 4.03. The van der Waals surface area contributed by atoms with Crippen LogP contribution in [0.2, 0.25) is 0 Å². The molecule has 0 aliphatic rings. The summed E-state index contributed by atoms with van der Waals surface area (Å²) in [5, 5.41) is 8.28. The molecule has 0 radical (unpaired) electrons. The Morgan fingerprint density at radius 1 is 1.20 bits per heavy atom. The summed E-state index contributed by atoms with van der Waals surface area (Å²) in [7, 11) is 0. The molecule has 0 unspecified atom stereocenters. The van der Waals surface area contributed by atoms with Crippen LogP contribution in [0.3, 0.4) is 0 Å². The molecule has 2 nitrogen and oxygen atoms in total. The maximum absolute atomic E-state index is 12.9. The van der Waals surface area contributed by atoms with E-state index in [1.54, 1.807) is 0 Å². The third kappa shape index (κ3) is 3.12. The molecule has 1 N–H and O–H groups in total. The number of aliphatic carboxylic acids is 1. The highest BCUT2D eigenvalue weighted by atomic mass is 19.2. The van der Waals surface area contributed by atoms with Crippen LogP contribution >= 0.6 is 0 Å². The maximum Gasteiger partial charge on any atom is 0.307 e.